The smallest absolute Gasteiger partial charge is 0.353 e. The topological polar surface area (TPSA) is 104 Å². The van der Waals surface area contributed by atoms with Gasteiger partial charge in [0.15, 0.2) is 0 Å². The van der Waals surface area contributed by atoms with Crippen LogP contribution in [0.4, 0.5) is 17.3 Å². The van der Waals surface area contributed by atoms with Crippen LogP contribution >= 0.6 is 0 Å². The molecule has 0 atom stereocenters. The van der Waals surface area contributed by atoms with E-state index < -0.39 is 4.92 Å². The van der Waals surface area contributed by atoms with E-state index >= 15 is 0 Å². The fourth-order valence-electron chi connectivity index (χ4n) is 1.67. The molecule has 0 aromatic carbocycles. The Morgan fingerprint density at radius 1 is 1.50 bits per heavy atom. The van der Waals surface area contributed by atoms with Crippen LogP contribution in [0.25, 0.3) is 0 Å². The molecular formula is C10H17N5O3. The largest absolute Gasteiger partial charge is 0.395 e. The Labute approximate surface area is 105 Å². The zero-order valence-electron chi connectivity index (χ0n) is 10.5. The van der Waals surface area contributed by atoms with Crippen LogP contribution in [0.2, 0.25) is 0 Å². The molecule has 0 saturated heterocycles. The van der Waals surface area contributed by atoms with Gasteiger partial charge in [-0.25, -0.2) is 9.97 Å². The van der Waals surface area contributed by atoms with E-state index in [9.17, 15) is 10.1 Å². The molecule has 0 radical (unpaired) electrons. The van der Waals surface area contributed by atoms with Crippen LogP contribution in [0.3, 0.4) is 0 Å². The maximum atomic E-state index is 11.1. The van der Waals surface area contributed by atoms with Crippen molar-refractivity contribution in [2.24, 2.45) is 0 Å². The van der Waals surface area contributed by atoms with Crippen molar-refractivity contribution in [2.45, 2.75) is 13.3 Å². The van der Waals surface area contributed by atoms with Crippen molar-refractivity contribution in [2.75, 3.05) is 37.0 Å². The van der Waals surface area contributed by atoms with Crippen LogP contribution in [-0.2, 0) is 0 Å². The van der Waals surface area contributed by atoms with Crippen molar-refractivity contribution < 1.29 is 10.0 Å². The van der Waals surface area contributed by atoms with Crippen molar-refractivity contribution >= 4 is 17.3 Å². The van der Waals surface area contributed by atoms with Crippen LogP contribution in [0.1, 0.15) is 13.3 Å². The van der Waals surface area contributed by atoms with Crippen LogP contribution in [0.15, 0.2) is 6.33 Å². The summed E-state index contributed by atoms with van der Waals surface area (Å²) in [7, 11) is 1.56. The predicted molar refractivity (Wildman–Crippen MR) is 67.8 cm³/mol. The number of nitrogens with zero attached hydrogens (tertiary/aromatic N) is 4. The van der Waals surface area contributed by atoms with Crippen LogP contribution in [-0.4, -0.2) is 46.7 Å². The van der Waals surface area contributed by atoms with E-state index in [1.54, 1.807) is 11.9 Å². The lowest BCUT2D eigenvalue weighted by Crippen LogP contribution is -2.29. The van der Waals surface area contributed by atoms with Gasteiger partial charge in [0.1, 0.15) is 6.33 Å². The lowest BCUT2D eigenvalue weighted by atomic mass is 10.3. The lowest BCUT2D eigenvalue weighted by molar-refractivity contribution is -0.383. The van der Waals surface area contributed by atoms with Crippen LogP contribution in [0.5, 0.6) is 0 Å². The number of hydrogen-bond donors (Lipinski definition) is 2. The first-order valence-electron chi connectivity index (χ1n) is 5.68. The van der Waals surface area contributed by atoms with Crippen molar-refractivity contribution in [3.63, 3.8) is 0 Å². The molecule has 1 rings (SSSR count). The molecule has 0 spiro atoms. The van der Waals surface area contributed by atoms with Gasteiger partial charge >= 0.3 is 5.69 Å². The quantitative estimate of drug-likeness (QED) is 0.544. The predicted octanol–water partition coefficient (Wildman–Crippen LogP) is 0.635. The van der Waals surface area contributed by atoms with E-state index in [1.807, 2.05) is 6.92 Å². The third kappa shape index (κ3) is 3.04. The van der Waals surface area contributed by atoms with Gasteiger partial charge in [0, 0.05) is 20.1 Å². The summed E-state index contributed by atoms with van der Waals surface area (Å²) in [5.41, 5.74) is -0.165. The molecule has 0 aliphatic heterocycles. The van der Waals surface area contributed by atoms with Gasteiger partial charge in [0.05, 0.1) is 11.5 Å². The highest BCUT2D eigenvalue weighted by atomic mass is 16.6. The van der Waals surface area contributed by atoms with E-state index in [4.69, 9.17) is 5.11 Å². The normalized spacial score (nSPS) is 10.2. The molecule has 0 unspecified atom stereocenters. The zero-order valence-corrected chi connectivity index (χ0v) is 10.5. The Morgan fingerprint density at radius 3 is 2.72 bits per heavy atom. The first kappa shape index (κ1) is 14.1. The Morgan fingerprint density at radius 2 is 2.22 bits per heavy atom. The highest BCUT2D eigenvalue weighted by Gasteiger charge is 2.25. The minimum atomic E-state index is -0.513. The van der Waals surface area contributed by atoms with Gasteiger partial charge in [-0.2, -0.15) is 0 Å². The standard InChI is InChI=1S/C10H17N5O3/c1-3-4-14(5-6-16)10-8(15(17)18)9(11-2)12-7-13-10/h7,16H,3-6H2,1-2H3,(H,11,12,13). The molecule has 2 N–H and O–H groups in total. The average Bonchev–Trinajstić information content (AvgIpc) is 2.37. The van der Waals surface area contributed by atoms with Gasteiger partial charge in [-0.3, -0.25) is 10.1 Å². The van der Waals surface area contributed by atoms with E-state index in [0.717, 1.165) is 6.42 Å². The molecule has 1 heterocycles. The summed E-state index contributed by atoms with van der Waals surface area (Å²) >= 11 is 0. The molecule has 0 saturated carbocycles. The molecular weight excluding hydrogens is 238 g/mol. The number of nitrogens with one attached hydrogen (secondary N) is 1. The summed E-state index contributed by atoms with van der Waals surface area (Å²) in [4.78, 5) is 20.1. The number of hydrogen-bond acceptors (Lipinski definition) is 7. The SMILES string of the molecule is CCCN(CCO)c1ncnc(NC)c1[N+](=O)[O-]. The van der Waals surface area contributed by atoms with Gasteiger partial charge < -0.3 is 15.3 Å². The van der Waals surface area contributed by atoms with E-state index in [2.05, 4.69) is 15.3 Å². The summed E-state index contributed by atoms with van der Waals surface area (Å²) in [5, 5.41) is 22.8. The molecule has 8 heteroatoms. The average molecular weight is 255 g/mol. The van der Waals surface area contributed by atoms with Gasteiger partial charge in [0.25, 0.3) is 0 Å². The molecule has 100 valence electrons. The summed E-state index contributed by atoms with van der Waals surface area (Å²) in [6, 6.07) is 0. The van der Waals surface area contributed by atoms with E-state index in [0.29, 0.717) is 13.1 Å². The van der Waals surface area contributed by atoms with Crippen molar-refractivity contribution in [1.29, 1.82) is 0 Å². The molecule has 0 amide bonds. The Hall–Kier alpha value is -1.96. The maximum Gasteiger partial charge on any atom is 0.353 e. The summed E-state index contributed by atoms with van der Waals surface area (Å²) in [6.07, 6.45) is 2.07. The van der Waals surface area contributed by atoms with E-state index in [1.165, 1.54) is 6.33 Å². The first-order valence-corrected chi connectivity index (χ1v) is 5.68. The number of anilines is 2. The summed E-state index contributed by atoms with van der Waals surface area (Å²) < 4.78 is 0. The Balaban J connectivity index is 3.23. The monoisotopic (exact) mass is 255 g/mol. The van der Waals surface area contributed by atoms with Gasteiger partial charge in [-0.15, -0.1) is 0 Å². The number of aliphatic hydroxyl groups excluding tert-OH is 1. The number of aliphatic hydroxyl groups is 1. The molecule has 1 aromatic heterocycles. The highest BCUT2D eigenvalue weighted by molar-refractivity contribution is 5.70. The minimum absolute atomic E-state index is 0.0873. The van der Waals surface area contributed by atoms with Crippen LogP contribution < -0.4 is 10.2 Å². The van der Waals surface area contributed by atoms with Gasteiger partial charge in [-0.1, -0.05) is 6.92 Å². The first-order chi connectivity index (χ1) is 8.65. The minimum Gasteiger partial charge on any atom is -0.395 e. The molecule has 0 aliphatic carbocycles. The maximum absolute atomic E-state index is 11.1. The molecule has 0 aliphatic rings. The van der Waals surface area contributed by atoms with Gasteiger partial charge in [-0.05, 0) is 6.42 Å². The third-order valence-corrected chi connectivity index (χ3v) is 2.39. The third-order valence-electron chi connectivity index (χ3n) is 2.39. The molecule has 1 aromatic rings. The molecule has 0 bridgehead atoms. The highest BCUT2D eigenvalue weighted by Crippen LogP contribution is 2.31. The number of nitro groups is 1. The zero-order chi connectivity index (χ0) is 13.5. The lowest BCUT2D eigenvalue weighted by Gasteiger charge is -2.21. The fourth-order valence-corrected chi connectivity index (χ4v) is 1.67. The van der Waals surface area contributed by atoms with E-state index in [-0.39, 0.29) is 23.9 Å². The Bertz CT molecular complexity index is 406. The number of rotatable bonds is 7. The molecule has 8 nitrogen and oxygen atoms in total. The van der Waals surface area contributed by atoms with Crippen molar-refractivity contribution in [3.05, 3.63) is 16.4 Å². The van der Waals surface area contributed by atoms with Gasteiger partial charge in [0.2, 0.25) is 11.6 Å². The second-order valence-corrected chi connectivity index (χ2v) is 3.61. The van der Waals surface area contributed by atoms with Crippen molar-refractivity contribution in [1.82, 2.24) is 9.97 Å². The second kappa shape index (κ2) is 6.70. The van der Waals surface area contributed by atoms with Crippen LogP contribution in [0, 0.1) is 10.1 Å². The number of aromatic nitrogens is 2. The Kier molecular flexibility index (Phi) is 5.25. The molecule has 18 heavy (non-hydrogen) atoms. The molecule has 0 fully saturated rings. The summed E-state index contributed by atoms with van der Waals surface area (Å²) in [5.74, 6) is 0.402. The van der Waals surface area contributed by atoms with Crippen molar-refractivity contribution in [3.8, 4) is 0 Å². The fraction of sp³-hybridized carbons (Fsp3) is 0.600. The summed E-state index contributed by atoms with van der Waals surface area (Å²) in [6.45, 7) is 2.75. The second-order valence-electron chi connectivity index (χ2n) is 3.61.